The molecule has 77 heavy (non-hydrogen) atoms. The molecule has 0 heterocycles. The molecule has 0 aromatic rings. The number of unbranched alkanes of at least 4 members (excludes halogenated alkanes) is 20. The summed E-state index contributed by atoms with van der Waals surface area (Å²) in [6, 6.07) is 0. The lowest BCUT2D eigenvalue weighted by atomic mass is 10.0. The summed E-state index contributed by atoms with van der Waals surface area (Å²) in [5.74, 6) is -1.04. The highest BCUT2D eigenvalue weighted by molar-refractivity contribution is 5.71. The monoisotopic (exact) mass is 1060 g/mol. The molecule has 0 aliphatic heterocycles. The predicted molar refractivity (Wildman–Crippen MR) is 334 cm³/mol. The van der Waals surface area contributed by atoms with E-state index in [2.05, 4.69) is 154 Å². The van der Waals surface area contributed by atoms with E-state index < -0.39 is 12.1 Å². The van der Waals surface area contributed by atoms with Gasteiger partial charge < -0.3 is 14.2 Å². The van der Waals surface area contributed by atoms with E-state index in [-0.39, 0.29) is 31.6 Å². The van der Waals surface area contributed by atoms with Gasteiger partial charge in [0.2, 0.25) is 0 Å². The van der Waals surface area contributed by atoms with Crippen LogP contribution in [0.3, 0.4) is 0 Å². The maximum absolute atomic E-state index is 12.9. The van der Waals surface area contributed by atoms with Gasteiger partial charge in [-0.15, -0.1) is 0 Å². The fraction of sp³-hybridized carbons (Fsp3) is 0.620. The Morgan fingerprint density at radius 1 is 0.273 bits per heavy atom. The van der Waals surface area contributed by atoms with E-state index in [1.807, 2.05) is 12.2 Å². The summed E-state index contributed by atoms with van der Waals surface area (Å²) in [5, 5.41) is 0. The van der Waals surface area contributed by atoms with Crippen LogP contribution >= 0.6 is 0 Å². The normalized spacial score (nSPS) is 13.1. The van der Waals surface area contributed by atoms with Crippen LogP contribution < -0.4 is 0 Å². The fourth-order valence-electron chi connectivity index (χ4n) is 8.20. The molecule has 0 aliphatic rings. The number of ether oxygens (including phenoxy) is 3. The van der Waals surface area contributed by atoms with Gasteiger partial charge in [0.25, 0.3) is 0 Å². The summed E-state index contributed by atoms with van der Waals surface area (Å²) in [4.78, 5) is 38.3. The summed E-state index contributed by atoms with van der Waals surface area (Å²) in [7, 11) is 0. The minimum Gasteiger partial charge on any atom is -0.462 e. The van der Waals surface area contributed by atoms with Gasteiger partial charge in [0.05, 0.1) is 0 Å². The summed E-state index contributed by atoms with van der Waals surface area (Å²) in [5.41, 5.74) is 0. The van der Waals surface area contributed by atoms with Crippen molar-refractivity contribution in [3.05, 3.63) is 146 Å². The highest BCUT2D eigenvalue weighted by Gasteiger charge is 2.19. The predicted octanol–water partition coefficient (Wildman–Crippen LogP) is 21.5. The van der Waals surface area contributed by atoms with Gasteiger partial charge in [-0.05, 0) is 128 Å². The first-order valence-corrected chi connectivity index (χ1v) is 31.3. The summed E-state index contributed by atoms with van der Waals surface area (Å²) < 4.78 is 16.8. The quantitative estimate of drug-likeness (QED) is 0.0261. The molecule has 0 amide bonds. The second kappa shape index (κ2) is 63.8. The summed E-state index contributed by atoms with van der Waals surface area (Å²) in [6.07, 6.45) is 91.4. The first-order chi connectivity index (χ1) is 38.0. The molecule has 0 aromatic heterocycles. The molecule has 1 atom stereocenters. The number of esters is 3. The Balaban J connectivity index is 4.55. The highest BCUT2D eigenvalue weighted by atomic mass is 16.6. The van der Waals surface area contributed by atoms with Crippen molar-refractivity contribution in [1.29, 1.82) is 0 Å². The summed E-state index contributed by atoms with van der Waals surface area (Å²) in [6.45, 7) is 6.32. The Labute approximate surface area is 474 Å². The van der Waals surface area contributed by atoms with Gasteiger partial charge in [-0.2, -0.15) is 0 Å². The van der Waals surface area contributed by atoms with Crippen LogP contribution in [-0.4, -0.2) is 37.2 Å². The van der Waals surface area contributed by atoms with E-state index in [9.17, 15) is 14.4 Å². The van der Waals surface area contributed by atoms with Gasteiger partial charge >= 0.3 is 17.9 Å². The number of carbonyl (C=O) groups is 3. The number of hydrogen-bond acceptors (Lipinski definition) is 6. The molecule has 434 valence electrons. The Morgan fingerprint density at radius 2 is 0.532 bits per heavy atom. The van der Waals surface area contributed by atoms with Gasteiger partial charge in [0, 0.05) is 19.3 Å². The minimum absolute atomic E-state index is 0.124. The fourth-order valence-corrected chi connectivity index (χ4v) is 8.20. The molecule has 6 heteroatoms. The van der Waals surface area contributed by atoms with Gasteiger partial charge in [-0.3, -0.25) is 14.4 Å². The second-order valence-corrected chi connectivity index (χ2v) is 20.2. The first kappa shape index (κ1) is 72.3. The van der Waals surface area contributed by atoms with Crippen molar-refractivity contribution in [2.24, 2.45) is 0 Å². The molecule has 0 saturated heterocycles. The third kappa shape index (κ3) is 62.0. The van der Waals surface area contributed by atoms with E-state index >= 15 is 0 Å². The second-order valence-electron chi connectivity index (χ2n) is 20.2. The molecule has 0 aliphatic carbocycles. The third-order valence-electron chi connectivity index (χ3n) is 12.8. The molecular formula is C71H114O6. The lowest BCUT2D eigenvalue weighted by Gasteiger charge is -2.18. The van der Waals surface area contributed by atoms with Crippen molar-refractivity contribution in [3.63, 3.8) is 0 Å². The van der Waals surface area contributed by atoms with Crippen molar-refractivity contribution < 1.29 is 28.6 Å². The molecule has 0 unspecified atom stereocenters. The topological polar surface area (TPSA) is 78.9 Å². The van der Waals surface area contributed by atoms with Crippen molar-refractivity contribution in [2.75, 3.05) is 13.2 Å². The number of allylic oxidation sites excluding steroid dienone is 24. The smallest absolute Gasteiger partial charge is 0.306 e. The molecule has 0 aromatic carbocycles. The van der Waals surface area contributed by atoms with Gasteiger partial charge in [-0.1, -0.05) is 263 Å². The van der Waals surface area contributed by atoms with E-state index in [0.717, 1.165) is 116 Å². The molecule has 0 rings (SSSR count). The van der Waals surface area contributed by atoms with E-state index in [1.54, 1.807) is 0 Å². The SMILES string of the molecule is CC/C=C\C/C=C\C/C=C\C/C=C\C/C=C\C/C=C\CCC(=O)O[C@H](COC(=O)CCCCC/C=C\C/C=C\C/C=C\C/C=C\C/C=C\CC)COC(=O)CCCCCCCCCCCCC/C=C\CCCCCCCC. The first-order valence-electron chi connectivity index (χ1n) is 31.3. The zero-order chi connectivity index (χ0) is 55.7. The Morgan fingerprint density at radius 3 is 0.870 bits per heavy atom. The van der Waals surface area contributed by atoms with Crippen LogP contribution in [0.2, 0.25) is 0 Å². The zero-order valence-corrected chi connectivity index (χ0v) is 49.7. The van der Waals surface area contributed by atoms with Crippen LogP contribution in [0.25, 0.3) is 0 Å². The number of carbonyl (C=O) groups excluding carboxylic acids is 3. The minimum atomic E-state index is -0.840. The van der Waals surface area contributed by atoms with Crippen LogP contribution in [0.15, 0.2) is 146 Å². The Hall–Kier alpha value is -4.71. The third-order valence-corrected chi connectivity index (χ3v) is 12.8. The zero-order valence-electron chi connectivity index (χ0n) is 49.7. The molecule has 0 N–H and O–H groups in total. The largest absolute Gasteiger partial charge is 0.462 e. The van der Waals surface area contributed by atoms with Gasteiger partial charge in [-0.25, -0.2) is 0 Å². The molecule has 6 nitrogen and oxygen atoms in total. The maximum atomic E-state index is 12.9. The Kier molecular flexibility index (Phi) is 59.9. The van der Waals surface area contributed by atoms with Crippen molar-refractivity contribution in [3.8, 4) is 0 Å². The van der Waals surface area contributed by atoms with Crippen LogP contribution in [0.5, 0.6) is 0 Å². The van der Waals surface area contributed by atoms with Crippen LogP contribution in [0.1, 0.15) is 265 Å². The molecule has 0 spiro atoms. The van der Waals surface area contributed by atoms with E-state index in [1.165, 1.54) is 103 Å². The highest BCUT2D eigenvalue weighted by Crippen LogP contribution is 2.15. The van der Waals surface area contributed by atoms with Crippen molar-refractivity contribution in [1.82, 2.24) is 0 Å². The Bertz CT molecular complexity index is 1700. The number of hydrogen-bond donors (Lipinski definition) is 0. The van der Waals surface area contributed by atoms with Crippen LogP contribution in [-0.2, 0) is 28.6 Å². The van der Waals surface area contributed by atoms with Crippen LogP contribution in [0, 0.1) is 0 Å². The lowest BCUT2D eigenvalue weighted by molar-refractivity contribution is -0.166. The van der Waals surface area contributed by atoms with Crippen LogP contribution in [0.4, 0.5) is 0 Å². The van der Waals surface area contributed by atoms with Gasteiger partial charge in [0.15, 0.2) is 6.10 Å². The van der Waals surface area contributed by atoms with Gasteiger partial charge in [0.1, 0.15) is 13.2 Å². The lowest BCUT2D eigenvalue weighted by Crippen LogP contribution is -2.30. The van der Waals surface area contributed by atoms with Crippen molar-refractivity contribution in [2.45, 2.75) is 271 Å². The molecular weight excluding hydrogens is 949 g/mol. The maximum Gasteiger partial charge on any atom is 0.306 e. The average Bonchev–Trinajstić information content (AvgIpc) is 3.43. The average molecular weight is 1060 g/mol. The molecule has 0 radical (unpaired) electrons. The molecule has 0 fully saturated rings. The molecule has 0 saturated carbocycles. The van der Waals surface area contributed by atoms with E-state index in [4.69, 9.17) is 14.2 Å². The summed E-state index contributed by atoms with van der Waals surface area (Å²) >= 11 is 0. The standard InChI is InChI=1S/C71H114O6/c1-4-7-10-13-16-19-22-25-28-31-34-35-38-40-43-46-49-52-55-58-61-64-70(73)76-67-68(77-71(74)65-62-59-56-53-50-47-44-41-37-33-30-27-24-21-18-15-12-9-6-3)66-75-69(72)63-60-57-54-51-48-45-42-39-36-32-29-26-23-20-17-14-11-8-5-2/h8-9,11-12,17-18,20-21,25-30,36-37,39,41,45,47-48,50,56,59,68H,4-7,10,13-16,19,22-24,31-35,38,40,42-44,46,49,51-55,57-58,60-67H2,1-3H3/b11-8-,12-9-,20-17-,21-18-,28-25-,29-26-,30-27-,39-36-,41-37-,48-45-,50-47-,59-56-/t68-/m1/s1. The van der Waals surface area contributed by atoms with Crippen molar-refractivity contribution >= 4 is 17.9 Å². The molecule has 0 bridgehead atoms. The number of rotatable bonds is 55. The van der Waals surface area contributed by atoms with E-state index in [0.29, 0.717) is 19.3 Å².